The van der Waals surface area contributed by atoms with Gasteiger partial charge in [-0.1, -0.05) is 12.1 Å². The van der Waals surface area contributed by atoms with E-state index >= 15 is 0 Å². The Balaban J connectivity index is 2.35. The molecule has 2 aromatic rings. The second kappa shape index (κ2) is 4.89. The third-order valence-corrected chi connectivity index (χ3v) is 3.85. The van der Waals surface area contributed by atoms with Crippen LogP contribution >= 0.6 is 0 Å². The summed E-state index contributed by atoms with van der Waals surface area (Å²) >= 11 is 0. The average molecular weight is 252 g/mol. The molecule has 0 bridgehead atoms. The van der Waals surface area contributed by atoms with E-state index in [0.29, 0.717) is 6.42 Å². The molecule has 0 fully saturated rings. The predicted octanol–water partition coefficient (Wildman–Crippen LogP) is 3.19. The summed E-state index contributed by atoms with van der Waals surface area (Å²) in [5.74, 6) is 0.796. The van der Waals surface area contributed by atoms with Crippen LogP contribution in [-0.4, -0.2) is 12.1 Å². The number of nitriles is 1. The van der Waals surface area contributed by atoms with Crippen LogP contribution in [0.5, 0.6) is 5.75 Å². The van der Waals surface area contributed by atoms with Crippen molar-refractivity contribution in [2.24, 2.45) is 0 Å². The van der Waals surface area contributed by atoms with Gasteiger partial charge in [0.15, 0.2) is 0 Å². The maximum absolute atomic E-state index is 9.11. The van der Waals surface area contributed by atoms with E-state index in [2.05, 4.69) is 6.07 Å². The molecule has 1 aliphatic carbocycles. The molecule has 0 amide bonds. The highest BCUT2D eigenvalue weighted by atomic mass is 16.5. The molecule has 1 aromatic heterocycles. The molecule has 0 N–H and O–H groups in total. The second-order valence-corrected chi connectivity index (χ2v) is 4.91. The van der Waals surface area contributed by atoms with Crippen LogP contribution in [0.25, 0.3) is 10.9 Å². The van der Waals surface area contributed by atoms with Crippen molar-refractivity contribution in [1.29, 1.82) is 5.26 Å². The van der Waals surface area contributed by atoms with Gasteiger partial charge in [-0.25, -0.2) is 4.98 Å². The number of hydrogen-bond acceptors (Lipinski definition) is 3. The summed E-state index contributed by atoms with van der Waals surface area (Å²) < 4.78 is 5.41. The van der Waals surface area contributed by atoms with Crippen molar-refractivity contribution >= 4 is 10.9 Å². The van der Waals surface area contributed by atoms with Gasteiger partial charge in [-0.15, -0.1) is 0 Å². The molecule has 1 heterocycles. The van der Waals surface area contributed by atoms with E-state index in [1.807, 2.05) is 18.2 Å². The van der Waals surface area contributed by atoms with Crippen molar-refractivity contribution in [2.45, 2.75) is 32.1 Å². The highest BCUT2D eigenvalue weighted by Crippen LogP contribution is 2.33. The summed E-state index contributed by atoms with van der Waals surface area (Å²) in [7, 11) is 1.67. The van der Waals surface area contributed by atoms with Crippen molar-refractivity contribution < 1.29 is 4.74 Å². The van der Waals surface area contributed by atoms with Crippen LogP contribution in [0.1, 0.15) is 29.7 Å². The molecular weight excluding hydrogens is 236 g/mol. The second-order valence-electron chi connectivity index (χ2n) is 4.91. The van der Waals surface area contributed by atoms with Gasteiger partial charge in [-0.3, -0.25) is 0 Å². The van der Waals surface area contributed by atoms with Crippen LogP contribution in [0.3, 0.4) is 0 Å². The van der Waals surface area contributed by atoms with Gasteiger partial charge in [0.05, 0.1) is 19.6 Å². The Labute approximate surface area is 112 Å². The third-order valence-electron chi connectivity index (χ3n) is 3.85. The molecule has 19 heavy (non-hydrogen) atoms. The molecule has 0 atom stereocenters. The molecular formula is C16H16N2O. The van der Waals surface area contributed by atoms with Crippen LogP contribution < -0.4 is 4.74 Å². The van der Waals surface area contributed by atoms with Crippen LogP contribution in [0.2, 0.25) is 0 Å². The molecule has 0 saturated carbocycles. The number of para-hydroxylation sites is 1. The summed E-state index contributed by atoms with van der Waals surface area (Å²) in [5, 5.41) is 10.2. The highest BCUT2D eigenvalue weighted by molar-refractivity contribution is 5.89. The number of benzene rings is 1. The number of nitrogens with zero attached hydrogens (tertiary/aromatic N) is 2. The Morgan fingerprint density at radius 1 is 1.32 bits per heavy atom. The number of aromatic nitrogens is 1. The Kier molecular flexibility index (Phi) is 3.08. The van der Waals surface area contributed by atoms with Gasteiger partial charge >= 0.3 is 0 Å². The van der Waals surface area contributed by atoms with Crippen molar-refractivity contribution in [3.63, 3.8) is 0 Å². The van der Waals surface area contributed by atoms with Gasteiger partial charge in [-0.2, -0.15) is 5.26 Å². The minimum Gasteiger partial charge on any atom is -0.494 e. The molecule has 3 heteroatoms. The first-order chi connectivity index (χ1) is 9.35. The molecule has 0 unspecified atom stereocenters. The number of methoxy groups -OCH3 is 1. The fourth-order valence-corrected chi connectivity index (χ4v) is 2.96. The van der Waals surface area contributed by atoms with E-state index in [-0.39, 0.29) is 0 Å². The lowest BCUT2D eigenvalue weighted by atomic mass is 9.88. The van der Waals surface area contributed by atoms with Crippen LogP contribution in [0, 0.1) is 11.3 Å². The van der Waals surface area contributed by atoms with E-state index in [1.54, 1.807) is 7.11 Å². The standard InChI is InChI=1S/C16H16N2O/c1-19-15-8-4-6-13-11(9-10-17)12-5-2-3-7-14(12)18-16(13)15/h4,6,8H,2-3,5,7,9H2,1H3. The molecule has 0 radical (unpaired) electrons. The smallest absolute Gasteiger partial charge is 0.145 e. The topological polar surface area (TPSA) is 45.9 Å². The fraction of sp³-hybridized carbons (Fsp3) is 0.375. The maximum Gasteiger partial charge on any atom is 0.145 e. The van der Waals surface area contributed by atoms with Gasteiger partial charge in [0.25, 0.3) is 0 Å². The lowest BCUT2D eigenvalue weighted by Gasteiger charge is -2.20. The Bertz CT molecular complexity index is 670. The van der Waals surface area contributed by atoms with E-state index in [0.717, 1.165) is 40.8 Å². The summed E-state index contributed by atoms with van der Waals surface area (Å²) in [6, 6.07) is 8.25. The van der Waals surface area contributed by atoms with Crippen molar-refractivity contribution in [1.82, 2.24) is 4.98 Å². The van der Waals surface area contributed by atoms with E-state index in [1.165, 1.54) is 18.4 Å². The van der Waals surface area contributed by atoms with Crippen molar-refractivity contribution in [2.75, 3.05) is 7.11 Å². The largest absolute Gasteiger partial charge is 0.494 e. The first-order valence-corrected chi connectivity index (χ1v) is 6.69. The minimum atomic E-state index is 0.453. The summed E-state index contributed by atoms with van der Waals surface area (Å²) in [4.78, 5) is 4.80. The number of rotatable bonds is 2. The zero-order valence-corrected chi connectivity index (χ0v) is 11.1. The van der Waals surface area contributed by atoms with Crippen LogP contribution in [-0.2, 0) is 19.3 Å². The molecule has 0 spiro atoms. The van der Waals surface area contributed by atoms with Gasteiger partial charge in [0, 0.05) is 11.1 Å². The highest BCUT2D eigenvalue weighted by Gasteiger charge is 2.19. The number of aryl methyl sites for hydroxylation is 1. The van der Waals surface area contributed by atoms with Gasteiger partial charge in [-0.05, 0) is 42.9 Å². The summed E-state index contributed by atoms with van der Waals surface area (Å²) in [6.45, 7) is 0. The average Bonchev–Trinajstić information content (AvgIpc) is 2.46. The van der Waals surface area contributed by atoms with Gasteiger partial charge in [0.2, 0.25) is 0 Å². The molecule has 0 saturated heterocycles. The SMILES string of the molecule is COc1cccc2c(CC#N)c3c(nc12)CCCC3. The quantitative estimate of drug-likeness (QED) is 0.824. The molecule has 1 aromatic carbocycles. The molecule has 96 valence electrons. The van der Waals surface area contributed by atoms with Gasteiger partial charge in [0.1, 0.15) is 11.3 Å². The summed E-state index contributed by atoms with van der Waals surface area (Å²) in [5.41, 5.74) is 4.51. The lowest BCUT2D eigenvalue weighted by Crippen LogP contribution is -2.10. The zero-order valence-electron chi connectivity index (χ0n) is 11.1. The first-order valence-electron chi connectivity index (χ1n) is 6.69. The van der Waals surface area contributed by atoms with E-state index < -0.39 is 0 Å². The monoisotopic (exact) mass is 252 g/mol. The number of ether oxygens (including phenoxy) is 1. The minimum absolute atomic E-state index is 0.453. The molecule has 3 nitrogen and oxygen atoms in total. The predicted molar refractivity (Wildman–Crippen MR) is 74.3 cm³/mol. The normalized spacial score (nSPS) is 13.9. The Morgan fingerprint density at radius 2 is 2.16 bits per heavy atom. The van der Waals surface area contributed by atoms with Crippen LogP contribution in [0.4, 0.5) is 0 Å². The Hall–Kier alpha value is -2.08. The van der Waals surface area contributed by atoms with E-state index in [4.69, 9.17) is 15.0 Å². The fourth-order valence-electron chi connectivity index (χ4n) is 2.96. The molecule has 1 aliphatic rings. The number of fused-ring (bicyclic) bond motifs is 2. The number of hydrogen-bond donors (Lipinski definition) is 0. The van der Waals surface area contributed by atoms with Crippen molar-refractivity contribution in [3.05, 3.63) is 35.0 Å². The first kappa shape index (κ1) is 12.0. The zero-order chi connectivity index (χ0) is 13.2. The lowest BCUT2D eigenvalue weighted by molar-refractivity contribution is 0.418. The maximum atomic E-state index is 9.11. The van der Waals surface area contributed by atoms with Gasteiger partial charge < -0.3 is 4.74 Å². The summed E-state index contributed by atoms with van der Waals surface area (Å²) in [6.07, 6.45) is 4.90. The Morgan fingerprint density at radius 3 is 2.95 bits per heavy atom. The van der Waals surface area contributed by atoms with Crippen molar-refractivity contribution in [3.8, 4) is 11.8 Å². The molecule has 3 rings (SSSR count). The van der Waals surface area contributed by atoms with E-state index in [9.17, 15) is 0 Å². The van der Waals surface area contributed by atoms with Crippen LogP contribution in [0.15, 0.2) is 18.2 Å². The molecule has 0 aliphatic heterocycles. The third kappa shape index (κ3) is 1.94. The number of pyridine rings is 1.